The standard InChI is InChI=1S/C14H16N6O4.ClH/c21-13-7-15-5-9(13)6-16-14(22)12-8-19(18-17-12)10-2-1-3-11(4-10)20(23)24;/h1-4,8-9,13,15,21H,5-7H2,(H,16,22);1H. The van der Waals surface area contributed by atoms with Crippen molar-refractivity contribution in [2.75, 3.05) is 19.6 Å². The van der Waals surface area contributed by atoms with Gasteiger partial charge in [-0.15, -0.1) is 17.5 Å². The van der Waals surface area contributed by atoms with Gasteiger partial charge < -0.3 is 15.7 Å². The molecule has 2 unspecified atom stereocenters. The van der Waals surface area contributed by atoms with Crippen molar-refractivity contribution in [3.63, 3.8) is 0 Å². The predicted octanol–water partition coefficient (Wildman–Crippen LogP) is -0.0926. The summed E-state index contributed by atoms with van der Waals surface area (Å²) in [7, 11) is 0. The molecule has 10 nitrogen and oxygen atoms in total. The molecule has 1 aromatic carbocycles. The number of nitrogens with one attached hydrogen (secondary N) is 2. The zero-order chi connectivity index (χ0) is 17.1. The fraction of sp³-hybridized carbons (Fsp3) is 0.357. The molecule has 11 heteroatoms. The number of nitro groups is 1. The van der Waals surface area contributed by atoms with Gasteiger partial charge in [0.1, 0.15) is 0 Å². The quantitative estimate of drug-likeness (QED) is 0.495. The summed E-state index contributed by atoms with van der Waals surface area (Å²) in [5, 5.41) is 33.8. The maximum Gasteiger partial charge on any atom is 0.273 e. The van der Waals surface area contributed by atoms with Crippen molar-refractivity contribution in [1.29, 1.82) is 0 Å². The highest BCUT2D eigenvalue weighted by Crippen LogP contribution is 2.16. The molecule has 25 heavy (non-hydrogen) atoms. The van der Waals surface area contributed by atoms with Crippen molar-refractivity contribution in [3.8, 4) is 5.69 Å². The van der Waals surface area contributed by atoms with Crippen LogP contribution in [0.4, 0.5) is 5.69 Å². The van der Waals surface area contributed by atoms with E-state index >= 15 is 0 Å². The van der Waals surface area contributed by atoms with E-state index < -0.39 is 16.9 Å². The molecule has 1 aromatic heterocycles. The summed E-state index contributed by atoms with van der Waals surface area (Å²) in [6.45, 7) is 1.49. The van der Waals surface area contributed by atoms with Gasteiger partial charge in [0, 0.05) is 37.7 Å². The summed E-state index contributed by atoms with van der Waals surface area (Å²) in [4.78, 5) is 22.4. The number of non-ortho nitro benzene ring substituents is 1. The Morgan fingerprint density at radius 3 is 2.96 bits per heavy atom. The van der Waals surface area contributed by atoms with E-state index in [1.165, 1.54) is 29.1 Å². The summed E-state index contributed by atoms with van der Waals surface area (Å²) < 4.78 is 1.30. The highest BCUT2D eigenvalue weighted by Gasteiger charge is 2.25. The highest BCUT2D eigenvalue weighted by atomic mass is 35.5. The Kier molecular flexibility index (Phi) is 6.02. The lowest BCUT2D eigenvalue weighted by Crippen LogP contribution is -2.34. The van der Waals surface area contributed by atoms with Crippen LogP contribution < -0.4 is 10.6 Å². The third-order valence-electron chi connectivity index (χ3n) is 3.86. The van der Waals surface area contributed by atoms with Gasteiger partial charge in [0.05, 0.1) is 22.9 Å². The summed E-state index contributed by atoms with van der Waals surface area (Å²) in [5.74, 6) is -0.452. The van der Waals surface area contributed by atoms with Gasteiger partial charge in [-0.3, -0.25) is 14.9 Å². The van der Waals surface area contributed by atoms with Crippen molar-refractivity contribution in [3.05, 3.63) is 46.3 Å². The van der Waals surface area contributed by atoms with Gasteiger partial charge in [-0.1, -0.05) is 11.3 Å². The molecule has 0 radical (unpaired) electrons. The number of aliphatic hydroxyl groups is 1. The second kappa shape index (κ2) is 8.01. The van der Waals surface area contributed by atoms with Crippen molar-refractivity contribution >= 4 is 24.0 Å². The Balaban J connectivity index is 0.00000225. The molecule has 2 heterocycles. The number of carbonyl (C=O) groups excluding carboxylic acids is 1. The first-order chi connectivity index (χ1) is 11.5. The number of rotatable bonds is 5. The fourth-order valence-corrected chi connectivity index (χ4v) is 2.49. The lowest BCUT2D eigenvalue weighted by Gasteiger charge is -2.13. The minimum absolute atomic E-state index is 0. The molecule has 134 valence electrons. The molecule has 3 rings (SSSR count). The number of nitrogens with zero attached hydrogens (tertiary/aromatic N) is 4. The Bertz CT molecular complexity index is 767. The minimum Gasteiger partial charge on any atom is -0.391 e. The summed E-state index contributed by atoms with van der Waals surface area (Å²) in [6.07, 6.45) is 0.920. The van der Waals surface area contributed by atoms with Gasteiger partial charge >= 0.3 is 0 Å². The Labute approximate surface area is 148 Å². The third kappa shape index (κ3) is 4.29. The van der Waals surface area contributed by atoms with E-state index in [1.807, 2.05) is 0 Å². The monoisotopic (exact) mass is 368 g/mol. The van der Waals surface area contributed by atoms with Gasteiger partial charge in [0.2, 0.25) is 0 Å². The van der Waals surface area contributed by atoms with Crippen LogP contribution in [0.25, 0.3) is 5.69 Å². The molecule has 0 saturated carbocycles. The van der Waals surface area contributed by atoms with E-state index in [2.05, 4.69) is 20.9 Å². The smallest absolute Gasteiger partial charge is 0.273 e. The molecular weight excluding hydrogens is 352 g/mol. The molecule has 0 bridgehead atoms. The summed E-state index contributed by atoms with van der Waals surface area (Å²) in [6, 6.07) is 5.87. The van der Waals surface area contributed by atoms with Gasteiger partial charge in [0.15, 0.2) is 5.69 Å². The van der Waals surface area contributed by atoms with E-state index in [4.69, 9.17) is 0 Å². The molecule has 1 saturated heterocycles. The van der Waals surface area contributed by atoms with E-state index in [-0.39, 0.29) is 29.7 Å². The number of hydrogen-bond acceptors (Lipinski definition) is 7. The molecule has 2 aromatic rings. The average Bonchev–Trinajstić information content (AvgIpc) is 3.22. The number of β-amino-alcohol motifs (C(OH)–C–C–N with tert-alkyl or cyclic N) is 1. The number of aromatic nitrogens is 3. The second-order valence-electron chi connectivity index (χ2n) is 5.52. The van der Waals surface area contributed by atoms with Crippen LogP contribution >= 0.6 is 12.4 Å². The number of amides is 1. The first kappa shape index (κ1) is 18.8. The molecule has 1 aliphatic heterocycles. The maximum absolute atomic E-state index is 12.1. The van der Waals surface area contributed by atoms with Gasteiger partial charge in [-0.05, 0) is 6.07 Å². The fourth-order valence-electron chi connectivity index (χ4n) is 2.49. The van der Waals surface area contributed by atoms with Gasteiger partial charge in [-0.2, -0.15) is 0 Å². The van der Waals surface area contributed by atoms with Crippen LogP contribution in [0.5, 0.6) is 0 Å². The lowest BCUT2D eigenvalue weighted by atomic mass is 10.1. The number of benzene rings is 1. The van der Waals surface area contributed by atoms with Crippen molar-refractivity contribution < 1.29 is 14.8 Å². The van der Waals surface area contributed by atoms with E-state index in [1.54, 1.807) is 6.07 Å². The topological polar surface area (TPSA) is 135 Å². The minimum atomic E-state index is -0.505. The lowest BCUT2D eigenvalue weighted by molar-refractivity contribution is -0.384. The largest absolute Gasteiger partial charge is 0.391 e. The van der Waals surface area contributed by atoms with Crippen molar-refractivity contribution in [2.24, 2.45) is 5.92 Å². The average molecular weight is 369 g/mol. The SMILES string of the molecule is Cl.O=C(NCC1CNCC1O)c1cn(-c2cccc([N+](=O)[O-])c2)nn1. The van der Waals surface area contributed by atoms with E-state index in [9.17, 15) is 20.0 Å². The number of halogens is 1. The van der Waals surface area contributed by atoms with Crippen LogP contribution in [0.3, 0.4) is 0 Å². The summed E-state index contributed by atoms with van der Waals surface area (Å²) in [5.41, 5.74) is 0.463. The van der Waals surface area contributed by atoms with Crippen LogP contribution in [0.1, 0.15) is 10.5 Å². The van der Waals surface area contributed by atoms with Crippen LogP contribution in [-0.2, 0) is 0 Å². The zero-order valence-corrected chi connectivity index (χ0v) is 13.8. The van der Waals surface area contributed by atoms with E-state index in [0.717, 1.165) is 0 Å². The zero-order valence-electron chi connectivity index (χ0n) is 13.0. The molecule has 1 aliphatic rings. The maximum atomic E-state index is 12.1. The summed E-state index contributed by atoms with van der Waals surface area (Å²) >= 11 is 0. The first-order valence-corrected chi connectivity index (χ1v) is 7.39. The van der Waals surface area contributed by atoms with E-state index in [0.29, 0.717) is 25.3 Å². The Hall–Kier alpha value is -2.56. The van der Waals surface area contributed by atoms with Crippen molar-refractivity contribution in [2.45, 2.75) is 6.10 Å². The Morgan fingerprint density at radius 1 is 1.48 bits per heavy atom. The van der Waals surface area contributed by atoms with Crippen LogP contribution in [-0.4, -0.2) is 56.7 Å². The van der Waals surface area contributed by atoms with Gasteiger partial charge in [-0.25, -0.2) is 4.68 Å². The molecular formula is C14H17ClN6O4. The second-order valence-corrected chi connectivity index (χ2v) is 5.52. The van der Waals surface area contributed by atoms with Crippen LogP contribution in [0.2, 0.25) is 0 Å². The molecule has 0 spiro atoms. The molecule has 1 fully saturated rings. The van der Waals surface area contributed by atoms with Crippen molar-refractivity contribution in [1.82, 2.24) is 25.6 Å². The normalized spacial score (nSPS) is 19.2. The number of hydrogen-bond donors (Lipinski definition) is 3. The molecule has 2 atom stereocenters. The van der Waals surface area contributed by atoms with Gasteiger partial charge in [0.25, 0.3) is 11.6 Å². The number of nitro benzene ring substituents is 1. The third-order valence-corrected chi connectivity index (χ3v) is 3.86. The Morgan fingerprint density at radius 2 is 2.28 bits per heavy atom. The molecule has 1 amide bonds. The molecule has 0 aliphatic carbocycles. The first-order valence-electron chi connectivity index (χ1n) is 7.39. The highest BCUT2D eigenvalue weighted by molar-refractivity contribution is 5.91. The van der Waals surface area contributed by atoms with Crippen LogP contribution in [0, 0.1) is 16.0 Å². The van der Waals surface area contributed by atoms with Crippen LogP contribution in [0.15, 0.2) is 30.5 Å². The predicted molar refractivity (Wildman–Crippen MR) is 90.0 cm³/mol. The number of aliphatic hydroxyl groups excluding tert-OH is 1. The number of carbonyl (C=O) groups is 1. The molecule has 3 N–H and O–H groups in total.